The van der Waals surface area contributed by atoms with Crippen LogP contribution in [-0.4, -0.2) is 65.4 Å². The Hall–Kier alpha value is -1.82. The van der Waals surface area contributed by atoms with Crippen molar-refractivity contribution in [2.45, 2.75) is 51.5 Å². The van der Waals surface area contributed by atoms with Gasteiger partial charge >= 0.3 is 0 Å². The van der Waals surface area contributed by atoms with Gasteiger partial charge in [-0.15, -0.1) is 0 Å². The summed E-state index contributed by atoms with van der Waals surface area (Å²) in [5, 5.41) is 3.12. The van der Waals surface area contributed by atoms with E-state index in [0.717, 1.165) is 52.0 Å². The molecule has 6 nitrogen and oxygen atoms in total. The lowest BCUT2D eigenvalue weighted by atomic mass is 9.92. The summed E-state index contributed by atoms with van der Waals surface area (Å²) in [6.07, 6.45) is 7.74. The van der Waals surface area contributed by atoms with Gasteiger partial charge in [0.1, 0.15) is 5.69 Å². The Kier molecular flexibility index (Phi) is 6.72. The molecule has 0 aromatic carbocycles. The van der Waals surface area contributed by atoms with E-state index in [2.05, 4.69) is 22.1 Å². The second-order valence-electron chi connectivity index (χ2n) is 7.59. The zero-order chi connectivity index (χ0) is 18.4. The van der Waals surface area contributed by atoms with Crippen LogP contribution in [0.2, 0.25) is 0 Å². The number of nitrogens with zero attached hydrogens (tertiary/aromatic N) is 2. The lowest BCUT2D eigenvalue weighted by Gasteiger charge is -2.31. The van der Waals surface area contributed by atoms with Gasteiger partial charge < -0.3 is 15.2 Å². The van der Waals surface area contributed by atoms with E-state index < -0.39 is 0 Å². The van der Waals surface area contributed by atoms with Crippen LogP contribution < -0.4 is 5.32 Å². The SMILES string of the molecule is CCN1CCC[C@H]1CNC(=O)CCC1CCN(C(=O)c2ccc[nH]2)CC1. The lowest BCUT2D eigenvalue weighted by Crippen LogP contribution is -2.40. The number of rotatable bonds is 7. The number of amides is 2. The highest BCUT2D eigenvalue weighted by Crippen LogP contribution is 2.23. The molecule has 0 saturated carbocycles. The maximum Gasteiger partial charge on any atom is 0.270 e. The largest absolute Gasteiger partial charge is 0.357 e. The van der Waals surface area contributed by atoms with Gasteiger partial charge in [0.25, 0.3) is 5.91 Å². The Balaban J connectivity index is 1.32. The number of likely N-dealkylation sites (N-methyl/N-ethyl adjacent to an activating group) is 1. The highest BCUT2D eigenvalue weighted by Gasteiger charge is 2.25. The van der Waals surface area contributed by atoms with Crippen molar-refractivity contribution in [3.05, 3.63) is 24.0 Å². The predicted octanol–water partition coefficient (Wildman–Crippen LogP) is 2.25. The number of hydrogen-bond donors (Lipinski definition) is 2. The molecule has 0 bridgehead atoms. The van der Waals surface area contributed by atoms with E-state index in [1.165, 1.54) is 12.8 Å². The fourth-order valence-corrected chi connectivity index (χ4v) is 4.26. The van der Waals surface area contributed by atoms with E-state index in [4.69, 9.17) is 0 Å². The second kappa shape index (κ2) is 9.21. The average molecular weight is 361 g/mol. The molecule has 1 atom stereocenters. The first kappa shape index (κ1) is 19.0. The highest BCUT2D eigenvalue weighted by atomic mass is 16.2. The fourth-order valence-electron chi connectivity index (χ4n) is 4.26. The van der Waals surface area contributed by atoms with Crippen LogP contribution in [0.15, 0.2) is 18.3 Å². The molecule has 0 spiro atoms. The summed E-state index contributed by atoms with van der Waals surface area (Å²) in [5.41, 5.74) is 0.663. The summed E-state index contributed by atoms with van der Waals surface area (Å²) in [5.74, 6) is 0.813. The third-order valence-corrected chi connectivity index (χ3v) is 5.95. The van der Waals surface area contributed by atoms with Crippen molar-refractivity contribution < 1.29 is 9.59 Å². The van der Waals surface area contributed by atoms with E-state index in [0.29, 0.717) is 24.1 Å². The molecule has 2 aliphatic rings. The monoisotopic (exact) mass is 360 g/mol. The van der Waals surface area contributed by atoms with Crippen LogP contribution in [0.4, 0.5) is 0 Å². The number of aromatic amines is 1. The van der Waals surface area contributed by atoms with Crippen molar-refractivity contribution in [1.29, 1.82) is 0 Å². The zero-order valence-corrected chi connectivity index (χ0v) is 15.9. The van der Waals surface area contributed by atoms with Crippen LogP contribution in [0.1, 0.15) is 55.9 Å². The lowest BCUT2D eigenvalue weighted by molar-refractivity contribution is -0.121. The molecule has 26 heavy (non-hydrogen) atoms. The summed E-state index contributed by atoms with van der Waals surface area (Å²) < 4.78 is 0. The van der Waals surface area contributed by atoms with E-state index >= 15 is 0 Å². The number of likely N-dealkylation sites (tertiary alicyclic amines) is 2. The smallest absolute Gasteiger partial charge is 0.270 e. The van der Waals surface area contributed by atoms with Crippen molar-refractivity contribution in [1.82, 2.24) is 20.1 Å². The zero-order valence-electron chi connectivity index (χ0n) is 15.9. The van der Waals surface area contributed by atoms with E-state index in [9.17, 15) is 9.59 Å². The van der Waals surface area contributed by atoms with Gasteiger partial charge in [-0.2, -0.15) is 0 Å². The average Bonchev–Trinajstić information content (AvgIpc) is 3.36. The second-order valence-corrected chi connectivity index (χ2v) is 7.59. The molecule has 0 radical (unpaired) electrons. The molecule has 2 saturated heterocycles. The summed E-state index contributed by atoms with van der Waals surface area (Å²) in [6.45, 7) is 6.79. The number of H-pyrrole nitrogens is 1. The molecule has 2 aliphatic heterocycles. The fraction of sp³-hybridized carbons (Fsp3) is 0.700. The summed E-state index contributed by atoms with van der Waals surface area (Å²) in [4.78, 5) is 31.8. The van der Waals surface area contributed by atoms with Crippen molar-refractivity contribution in [3.63, 3.8) is 0 Å². The number of nitrogens with one attached hydrogen (secondary N) is 2. The third-order valence-electron chi connectivity index (χ3n) is 5.95. The van der Waals surface area contributed by atoms with Gasteiger partial charge in [0.15, 0.2) is 0 Å². The Bertz CT molecular complexity index is 579. The predicted molar refractivity (Wildman–Crippen MR) is 102 cm³/mol. The third kappa shape index (κ3) is 4.87. The maximum atomic E-state index is 12.3. The minimum atomic E-state index is 0.0863. The summed E-state index contributed by atoms with van der Waals surface area (Å²) >= 11 is 0. The molecule has 6 heteroatoms. The van der Waals surface area contributed by atoms with Crippen molar-refractivity contribution in [3.8, 4) is 0 Å². The van der Waals surface area contributed by atoms with Crippen LogP contribution in [0.25, 0.3) is 0 Å². The van der Waals surface area contributed by atoms with Crippen LogP contribution in [0.5, 0.6) is 0 Å². The molecule has 1 aromatic rings. The number of aromatic nitrogens is 1. The first-order valence-corrected chi connectivity index (χ1v) is 10.1. The molecule has 1 aromatic heterocycles. The van der Waals surface area contributed by atoms with E-state index in [1.807, 2.05) is 17.0 Å². The first-order chi connectivity index (χ1) is 12.7. The Morgan fingerprint density at radius 1 is 1.23 bits per heavy atom. The van der Waals surface area contributed by atoms with E-state index in [-0.39, 0.29) is 11.8 Å². The normalized spacial score (nSPS) is 21.9. The minimum absolute atomic E-state index is 0.0863. The number of carbonyl (C=O) groups excluding carboxylic acids is 2. The highest BCUT2D eigenvalue weighted by molar-refractivity contribution is 5.92. The van der Waals surface area contributed by atoms with Crippen LogP contribution in [-0.2, 0) is 4.79 Å². The molecular formula is C20H32N4O2. The van der Waals surface area contributed by atoms with Gasteiger partial charge in [-0.05, 0) is 63.2 Å². The Morgan fingerprint density at radius 2 is 2.04 bits per heavy atom. The summed E-state index contributed by atoms with van der Waals surface area (Å²) in [7, 11) is 0. The standard InChI is InChI=1S/C20H32N4O2/c1-2-23-12-4-5-17(23)15-22-19(25)8-7-16-9-13-24(14-10-16)20(26)18-6-3-11-21-18/h3,6,11,16-17,21H,2,4-5,7-10,12-15H2,1H3,(H,22,25)/t17-/m0/s1. The molecule has 2 N–H and O–H groups in total. The van der Waals surface area contributed by atoms with Crippen molar-refractivity contribution in [2.24, 2.45) is 5.92 Å². The van der Waals surface area contributed by atoms with Gasteiger partial charge in [0, 0.05) is 38.3 Å². The molecular weight excluding hydrogens is 328 g/mol. The van der Waals surface area contributed by atoms with Crippen LogP contribution in [0.3, 0.4) is 0 Å². The van der Waals surface area contributed by atoms with Crippen LogP contribution >= 0.6 is 0 Å². The van der Waals surface area contributed by atoms with Gasteiger partial charge in [-0.25, -0.2) is 0 Å². The molecule has 144 valence electrons. The number of hydrogen-bond acceptors (Lipinski definition) is 3. The Labute approximate surface area is 156 Å². The van der Waals surface area contributed by atoms with Gasteiger partial charge in [0.05, 0.1) is 0 Å². The van der Waals surface area contributed by atoms with Crippen molar-refractivity contribution in [2.75, 3.05) is 32.7 Å². The molecule has 0 unspecified atom stereocenters. The molecule has 2 fully saturated rings. The van der Waals surface area contributed by atoms with Crippen molar-refractivity contribution >= 4 is 11.8 Å². The maximum absolute atomic E-state index is 12.3. The molecule has 2 amide bonds. The topological polar surface area (TPSA) is 68.4 Å². The molecule has 3 rings (SSSR count). The van der Waals surface area contributed by atoms with Gasteiger partial charge in [-0.1, -0.05) is 6.92 Å². The molecule has 0 aliphatic carbocycles. The van der Waals surface area contributed by atoms with Gasteiger partial charge in [0.2, 0.25) is 5.91 Å². The quantitative estimate of drug-likeness (QED) is 0.784. The van der Waals surface area contributed by atoms with E-state index in [1.54, 1.807) is 6.20 Å². The first-order valence-electron chi connectivity index (χ1n) is 10.1. The van der Waals surface area contributed by atoms with Gasteiger partial charge in [-0.3, -0.25) is 14.5 Å². The number of piperidine rings is 1. The summed E-state index contributed by atoms with van der Waals surface area (Å²) in [6, 6.07) is 4.19. The number of carbonyl (C=O) groups is 2. The molecule has 3 heterocycles. The Morgan fingerprint density at radius 3 is 2.73 bits per heavy atom. The minimum Gasteiger partial charge on any atom is -0.357 e. The van der Waals surface area contributed by atoms with Crippen LogP contribution in [0, 0.1) is 5.92 Å².